The van der Waals surface area contributed by atoms with E-state index in [1.807, 2.05) is 24.3 Å². The smallest absolute Gasteiger partial charge is 0.319 e. The van der Waals surface area contributed by atoms with Gasteiger partial charge in [0, 0.05) is 17.7 Å². The highest BCUT2D eigenvalue weighted by Gasteiger charge is 2.23. The van der Waals surface area contributed by atoms with E-state index in [9.17, 15) is 4.79 Å². The van der Waals surface area contributed by atoms with Crippen molar-refractivity contribution in [3.8, 4) is 0 Å². The van der Waals surface area contributed by atoms with Crippen molar-refractivity contribution in [3.05, 3.63) is 53.5 Å². The van der Waals surface area contributed by atoms with E-state index in [0.717, 1.165) is 42.7 Å². The molecule has 1 aromatic carbocycles. The molecule has 1 aliphatic rings. The summed E-state index contributed by atoms with van der Waals surface area (Å²) in [5.74, 6) is 1.000. The van der Waals surface area contributed by atoms with Crippen LogP contribution in [0.5, 0.6) is 0 Å². The second-order valence-electron chi connectivity index (χ2n) is 5.40. The molecule has 0 bridgehead atoms. The van der Waals surface area contributed by atoms with Crippen LogP contribution in [0.3, 0.4) is 0 Å². The molecule has 1 aromatic heterocycles. The van der Waals surface area contributed by atoms with E-state index in [2.05, 4.69) is 23.6 Å². The SMILES string of the molecule is CCc1cccc(NC(=O)NC2CCCc3occc32)c1. The van der Waals surface area contributed by atoms with Crippen LogP contribution in [0.15, 0.2) is 41.0 Å². The van der Waals surface area contributed by atoms with Crippen LogP contribution in [0.4, 0.5) is 10.5 Å². The zero-order valence-corrected chi connectivity index (χ0v) is 12.2. The molecule has 4 nitrogen and oxygen atoms in total. The van der Waals surface area contributed by atoms with E-state index < -0.39 is 0 Å². The summed E-state index contributed by atoms with van der Waals surface area (Å²) in [5, 5.41) is 5.94. The van der Waals surface area contributed by atoms with E-state index in [-0.39, 0.29) is 12.1 Å². The number of furan rings is 1. The Hall–Kier alpha value is -2.23. The Bertz CT molecular complexity index is 633. The molecule has 1 heterocycles. The zero-order valence-electron chi connectivity index (χ0n) is 12.2. The molecule has 1 aliphatic carbocycles. The molecule has 21 heavy (non-hydrogen) atoms. The molecule has 0 saturated carbocycles. The fourth-order valence-electron chi connectivity index (χ4n) is 2.83. The van der Waals surface area contributed by atoms with Gasteiger partial charge in [0.2, 0.25) is 0 Å². The number of urea groups is 1. The van der Waals surface area contributed by atoms with Crippen molar-refractivity contribution in [1.82, 2.24) is 5.32 Å². The normalized spacial score (nSPS) is 17.1. The molecule has 4 heteroatoms. The Morgan fingerprint density at radius 3 is 3.14 bits per heavy atom. The van der Waals surface area contributed by atoms with Crippen LogP contribution in [-0.4, -0.2) is 6.03 Å². The van der Waals surface area contributed by atoms with Gasteiger partial charge in [0.1, 0.15) is 5.76 Å². The molecule has 2 aromatic rings. The van der Waals surface area contributed by atoms with Gasteiger partial charge in [0.05, 0.1) is 12.3 Å². The zero-order chi connectivity index (χ0) is 14.7. The van der Waals surface area contributed by atoms with Crippen LogP contribution in [-0.2, 0) is 12.8 Å². The Labute approximate surface area is 124 Å². The van der Waals surface area contributed by atoms with Gasteiger partial charge in [-0.2, -0.15) is 0 Å². The maximum Gasteiger partial charge on any atom is 0.319 e. The van der Waals surface area contributed by atoms with Crippen molar-refractivity contribution in [1.29, 1.82) is 0 Å². The second-order valence-corrected chi connectivity index (χ2v) is 5.40. The minimum Gasteiger partial charge on any atom is -0.469 e. The molecule has 110 valence electrons. The number of hydrogen-bond donors (Lipinski definition) is 2. The highest BCUT2D eigenvalue weighted by Crippen LogP contribution is 2.30. The molecule has 0 fully saturated rings. The van der Waals surface area contributed by atoms with Gasteiger partial charge in [-0.25, -0.2) is 4.79 Å². The summed E-state index contributed by atoms with van der Waals surface area (Å²) in [6.07, 6.45) is 5.61. The lowest BCUT2D eigenvalue weighted by molar-refractivity contribution is 0.246. The quantitative estimate of drug-likeness (QED) is 0.893. The third-order valence-electron chi connectivity index (χ3n) is 3.95. The van der Waals surface area contributed by atoms with Crippen molar-refractivity contribution in [3.63, 3.8) is 0 Å². The number of carbonyl (C=O) groups is 1. The van der Waals surface area contributed by atoms with E-state index in [1.54, 1.807) is 6.26 Å². The summed E-state index contributed by atoms with van der Waals surface area (Å²) >= 11 is 0. The highest BCUT2D eigenvalue weighted by molar-refractivity contribution is 5.89. The Morgan fingerprint density at radius 1 is 1.38 bits per heavy atom. The fraction of sp³-hybridized carbons (Fsp3) is 0.353. The number of aryl methyl sites for hydroxylation is 2. The highest BCUT2D eigenvalue weighted by atomic mass is 16.3. The number of nitrogens with one attached hydrogen (secondary N) is 2. The minimum atomic E-state index is -0.165. The van der Waals surface area contributed by atoms with Gasteiger partial charge in [-0.05, 0) is 43.0 Å². The number of carbonyl (C=O) groups excluding carboxylic acids is 1. The largest absolute Gasteiger partial charge is 0.469 e. The van der Waals surface area contributed by atoms with Gasteiger partial charge in [-0.1, -0.05) is 19.1 Å². The predicted molar refractivity (Wildman–Crippen MR) is 82.4 cm³/mol. The van der Waals surface area contributed by atoms with Gasteiger partial charge in [0.25, 0.3) is 0 Å². The van der Waals surface area contributed by atoms with Gasteiger partial charge in [-0.15, -0.1) is 0 Å². The van der Waals surface area contributed by atoms with E-state index in [4.69, 9.17) is 4.42 Å². The summed E-state index contributed by atoms with van der Waals surface area (Å²) in [4.78, 5) is 12.2. The summed E-state index contributed by atoms with van der Waals surface area (Å²) < 4.78 is 5.44. The van der Waals surface area contributed by atoms with Crippen LogP contribution >= 0.6 is 0 Å². The number of anilines is 1. The molecule has 2 N–H and O–H groups in total. The van der Waals surface area contributed by atoms with Crippen molar-refractivity contribution >= 4 is 11.7 Å². The second kappa shape index (κ2) is 6.04. The first kappa shape index (κ1) is 13.7. The van der Waals surface area contributed by atoms with E-state index >= 15 is 0 Å². The number of hydrogen-bond acceptors (Lipinski definition) is 2. The van der Waals surface area contributed by atoms with Crippen molar-refractivity contribution in [2.45, 2.75) is 38.6 Å². The number of rotatable bonds is 3. The maximum atomic E-state index is 12.2. The topological polar surface area (TPSA) is 54.3 Å². The van der Waals surface area contributed by atoms with Gasteiger partial charge >= 0.3 is 6.03 Å². The molecule has 0 spiro atoms. The van der Waals surface area contributed by atoms with Crippen LogP contribution < -0.4 is 10.6 Å². The van der Waals surface area contributed by atoms with E-state index in [1.165, 1.54) is 5.56 Å². The maximum absolute atomic E-state index is 12.2. The summed E-state index contributed by atoms with van der Waals surface area (Å²) in [6.45, 7) is 2.10. The van der Waals surface area contributed by atoms with Crippen molar-refractivity contribution in [2.75, 3.05) is 5.32 Å². The molecule has 0 radical (unpaired) electrons. The van der Waals surface area contributed by atoms with Gasteiger partial charge < -0.3 is 15.1 Å². The number of benzene rings is 1. The third-order valence-corrected chi connectivity index (χ3v) is 3.95. The number of amides is 2. The average Bonchev–Trinajstić information content (AvgIpc) is 2.97. The van der Waals surface area contributed by atoms with Crippen LogP contribution in [0.25, 0.3) is 0 Å². The molecule has 1 unspecified atom stereocenters. The number of fused-ring (bicyclic) bond motifs is 1. The lowest BCUT2D eigenvalue weighted by Gasteiger charge is -2.22. The lowest BCUT2D eigenvalue weighted by atomic mass is 9.93. The van der Waals surface area contributed by atoms with Crippen LogP contribution in [0.2, 0.25) is 0 Å². The molecular formula is C17H20N2O2. The predicted octanol–water partition coefficient (Wildman–Crippen LogP) is 4.04. The first-order chi connectivity index (χ1) is 10.3. The van der Waals surface area contributed by atoms with Crippen molar-refractivity contribution in [2.24, 2.45) is 0 Å². The Kier molecular flexibility index (Phi) is 3.95. The molecule has 3 rings (SSSR count). The van der Waals surface area contributed by atoms with E-state index in [0.29, 0.717) is 0 Å². The van der Waals surface area contributed by atoms with Crippen LogP contribution in [0, 0.1) is 0 Å². The molecular weight excluding hydrogens is 264 g/mol. The fourth-order valence-corrected chi connectivity index (χ4v) is 2.83. The first-order valence-corrected chi connectivity index (χ1v) is 7.49. The molecule has 1 atom stereocenters. The van der Waals surface area contributed by atoms with Gasteiger partial charge in [0.15, 0.2) is 0 Å². The summed E-state index contributed by atoms with van der Waals surface area (Å²) in [6, 6.07) is 9.76. The van der Waals surface area contributed by atoms with Crippen molar-refractivity contribution < 1.29 is 9.21 Å². The Balaban J connectivity index is 1.65. The third kappa shape index (κ3) is 3.10. The molecule has 2 amide bonds. The molecule has 0 aliphatic heterocycles. The Morgan fingerprint density at radius 2 is 2.29 bits per heavy atom. The summed E-state index contributed by atoms with van der Waals surface area (Å²) in [7, 11) is 0. The first-order valence-electron chi connectivity index (χ1n) is 7.49. The lowest BCUT2D eigenvalue weighted by Crippen LogP contribution is -2.34. The summed E-state index contributed by atoms with van der Waals surface area (Å²) in [5.41, 5.74) is 3.15. The average molecular weight is 284 g/mol. The van der Waals surface area contributed by atoms with Crippen LogP contribution in [0.1, 0.15) is 42.7 Å². The standard InChI is InChI=1S/C17H20N2O2/c1-2-12-5-3-6-13(11-12)18-17(20)19-15-7-4-8-16-14(15)9-10-21-16/h3,5-6,9-11,15H,2,4,7-8H2,1H3,(H2,18,19,20). The monoisotopic (exact) mass is 284 g/mol. The molecule has 0 saturated heterocycles. The van der Waals surface area contributed by atoms with Gasteiger partial charge in [-0.3, -0.25) is 0 Å². The minimum absolute atomic E-state index is 0.0434.